The molecule has 0 aliphatic carbocycles. The lowest BCUT2D eigenvalue weighted by Gasteiger charge is -2.09. The number of thiophene rings is 1. The summed E-state index contributed by atoms with van der Waals surface area (Å²) in [5.41, 5.74) is 3.78. The average Bonchev–Trinajstić information content (AvgIpc) is 3.13. The van der Waals surface area contributed by atoms with Crippen molar-refractivity contribution in [1.29, 1.82) is 0 Å². The van der Waals surface area contributed by atoms with Gasteiger partial charge in [-0.15, -0.1) is 11.3 Å². The maximum Gasteiger partial charge on any atom is 0.317 e. The molecule has 5 heteroatoms. The van der Waals surface area contributed by atoms with Crippen LogP contribution in [0, 0.1) is 13.8 Å². The molecule has 0 aliphatic rings. The van der Waals surface area contributed by atoms with Crippen molar-refractivity contribution in [2.45, 2.75) is 20.3 Å². The molecule has 2 aromatic heterocycles. The molecule has 0 atom stereocenters. The second-order valence-electron chi connectivity index (χ2n) is 5.03. The van der Waals surface area contributed by atoms with Crippen molar-refractivity contribution in [1.82, 2.24) is 4.98 Å². The van der Waals surface area contributed by atoms with Gasteiger partial charge in [-0.2, -0.15) is 11.3 Å². The number of ether oxygens (including phenoxy) is 1. The molecule has 0 radical (unpaired) electrons. The molecule has 2 heterocycles. The van der Waals surface area contributed by atoms with Crippen LogP contribution in [0.1, 0.15) is 16.8 Å². The molecule has 0 saturated heterocycles. The summed E-state index contributed by atoms with van der Waals surface area (Å²) < 4.78 is 5.51. The summed E-state index contributed by atoms with van der Waals surface area (Å²) in [6.45, 7) is 3.88. The fourth-order valence-corrected chi connectivity index (χ4v) is 3.70. The van der Waals surface area contributed by atoms with Crippen molar-refractivity contribution in [3.05, 3.63) is 57.2 Å². The Morgan fingerprint density at radius 1 is 1.18 bits per heavy atom. The first-order valence-corrected chi connectivity index (χ1v) is 8.69. The van der Waals surface area contributed by atoms with Crippen LogP contribution in [-0.2, 0) is 11.2 Å². The zero-order chi connectivity index (χ0) is 15.5. The third-order valence-corrected chi connectivity index (χ3v) is 4.89. The highest BCUT2D eigenvalue weighted by Gasteiger charge is 2.13. The van der Waals surface area contributed by atoms with Gasteiger partial charge in [-0.1, -0.05) is 18.2 Å². The van der Waals surface area contributed by atoms with Crippen LogP contribution in [0.5, 0.6) is 5.75 Å². The van der Waals surface area contributed by atoms with Gasteiger partial charge in [0.25, 0.3) is 0 Å². The first kappa shape index (κ1) is 14.9. The number of thiazole rings is 1. The van der Waals surface area contributed by atoms with E-state index in [1.165, 1.54) is 0 Å². The summed E-state index contributed by atoms with van der Waals surface area (Å²) in [6, 6.07) is 7.86. The highest BCUT2D eigenvalue weighted by atomic mass is 32.1. The third kappa shape index (κ3) is 3.26. The van der Waals surface area contributed by atoms with E-state index in [0.717, 1.165) is 27.4 Å². The Morgan fingerprint density at radius 3 is 2.64 bits per heavy atom. The number of carbonyl (C=O) groups is 1. The molecule has 3 rings (SSSR count). The normalized spacial score (nSPS) is 10.6. The smallest absolute Gasteiger partial charge is 0.317 e. The number of para-hydroxylation sites is 1. The molecule has 0 N–H and O–H groups in total. The van der Waals surface area contributed by atoms with E-state index in [0.29, 0.717) is 5.75 Å². The highest BCUT2D eigenvalue weighted by molar-refractivity contribution is 7.14. The zero-order valence-corrected chi connectivity index (χ0v) is 14.0. The first-order valence-electron chi connectivity index (χ1n) is 6.87. The molecule has 3 nitrogen and oxygen atoms in total. The second-order valence-corrected chi connectivity index (χ2v) is 6.67. The van der Waals surface area contributed by atoms with Crippen LogP contribution in [-0.4, -0.2) is 11.0 Å². The molecular weight excluding hydrogens is 314 g/mol. The van der Waals surface area contributed by atoms with Gasteiger partial charge in [-0.25, -0.2) is 4.98 Å². The Labute approximate surface area is 137 Å². The number of carbonyl (C=O) groups excluding carboxylic acids is 1. The topological polar surface area (TPSA) is 39.2 Å². The van der Waals surface area contributed by atoms with Crippen LogP contribution in [0.25, 0.3) is 10.6 Å². The molecule has 0 saturated carbocycles. The van der Waals surface area contributed by atoms with Gasteiger partial charge in [-0.05, 0) is 36.4 Å². The van der Waals surface area contributed by atoms with Gasteiger partial charge < -0.3 is 4.74 Å². The summed E-state index contributed by atoms with van der Waals surface area (Å²) >= 11 is 3.19. The summed E-state index contributed by atoms with van der Waals surface area (Å²) in [5, 5.41) is 6.93. The molecule has 0 aliphatic heterocycles. The summed E-state index contributed by atoms with van der Waals surface area (Å²) in [4.78, 5) is 16.6. The SMILES string of the molecule is Cc1cccc(C)c1OC(=O)Cc1csc(-c2ccsc2)n1. The number of aryl methyl sites for hydroxylation is 2. The number of aromatic nitrogens is 1. The number of nitrogens with zero attached hydrogens (tertiary/aromatic N) is 1. The van der Waals surface area contributed by atoms with Crippen LogP contribution in [0.4, 0.5) is 0 Å². The summed E-state index contributed by atoms with van der Waals surface area (Å²) in [7, 11) is 0. The lowest BCUT2D eigenvalue weighted by Crippen LogP contribution is -2.13. The monoisotopic (exact) mass is 329 g/mol. The van der Waals surface area contributed by atoms with Crippen molar-refractivity contribution in [2.24, 2.45) is 0 Å². The lowest BCUT2D eigenvalue weighted by molar-refractivity contribution is -0.133. The number of rotatable bonds is 4. The number of benzene rings is 1. The third-order valence-electron chi connectivity index (χ3n) is 3.27. The van der Waals surface area contributed by atoms with Gasteiger partial charge in [0.15, 0.2) is 0 Å². The molecule has 112 valence electrons. The van der Waals surface area contributed by atoms with E-state index in [2.05, 4.69) is 10.4 Å². The van der Waals surface area contributed by atoms with Gasteiger partial charge in [-0.3, -0.25) is 4.79 Å². The lowest BCUT2D eigenvalue weighted by atomic mass is 10.1. The molecule has 22 heavy (non-hydrogen) atoms. The van der Waals surface area contributed by atoms with Crippen LogP contribution >= 0.6 is 22.7 Å². The second kappa shape index (κ2) is 6.42. The van der Waals surface area contributed by atoms with Crippen molar-refractivity contribution >= 4 is 28.6 Å². The molecule has 0 spiro atoms. The Balaban J connectivity index is 1.70. The molecule has 3 aromatic rings. The predicted octanol–water partition coefficient (Wildman–Crippen LogP) is 4.64. The summed E-state index contributed by atoms with van der Waals surface area (Å²) in [5.74, 6) is 0.375. The standard InChI is InChI=1S/C17H15NO2S2/c1-11-4-3-5-12(2)16(11)20-15(19)8-14-10-22-17(18-14)13-6-7-21-9-13/h3-7,9-10H,8H2,1-2H3. The Morgan fingerprint density at radius 2 is 1.95 bits per heavy atom. The van der Waals surface area contributed by atoms with Crippen LogP contribution in [0.2, 0.25) is 0 Å². The number of hydrogen-bond acceptors (Lipinski definition) is 5. The fraction of sp³-hybridized carbons (Fsp3) is 0.176. The Hall–Kier alpha value is -1.98. The molecule has 1 aromatic carbocycles. The van der Waals surface area contributed by atoms with Gasteiger partial charge >= 0.3 is 5.97 Å². The first-order chi connectivity index (χ1) is 10.6. The minimum atomic E-state index is -0.278. The average molecular weight is 329 g/mol. The van der Waals surface area contributed by atoms with E-state index in [4.69, 9.17) is 4.74 Å². The number of esters is 1. The maximum absolute atomic E-state index is 12.1. The van der Waals surface area contributed by atoms with E-state index < -0.39 is 0 Å². The minimum absolute atomic E-state index is 0.189. The number of hydrogen-bond donors (Lipinski definition) is 0. The van der Waals surface area contributed by atoms with Crippen LogP contribution in [0.3, 0.4) is 0 Å². The largest absolute Gasteiger partial charge is 0.426 e. The van der Waals surface area contributed by atoms with Gasteiger partial charge in [0, 0.05) is 16.3 Å². The van der Waals surface area contributed by atoms with Gasteiger partial charge in [0.1, 0.15) is 10.8 Å². The zero-order valence-electron chi connectivity index (χ0n) is 12.3. The Bertz CT molecular complexity index is 771. The molecule has 0 fully saturated rings. The molecule has 0 bridgehead atoms. The fourth-order valence-electron chi connectivity index (χ4n) is 2.16. The van der Waals surface area contributed by atoms with E-state index in [1.807, 2.05) is 48.9 Å². The van der Waals surface area contributed by atoms with Crippen molar-refractivity contribution in [3.63, 3.8) is 0 Å². The van der Waals surface area contributed by atoms with Gasteiger partial charge in [0.2, 0.25) is 0 Å². The van der Waals surface area contributed by atoms with Crippen molar-refractivity contribution in [3.8, 4) is 16.3 Å². The maximum atomic E-state index is 12.1. The van der Waals surface area contributed by atoms with Crippen LogP contribution < -0.4 is 4.74 Å². The van der Waals surface area contributed by atoms with Gasteiger partial charge in [0.05, 0.1) is 12.1 Å². The van der Waals surface area contributed by atoms with Crippen molar-refractivity contribution < 1.29 is 9.53 Å². The quantitative estimate of drug-likeness (QED) is 0.517. The molecule has 0 amide bonds. The summed E-state index contributed by atoms with van der Waals surface area (Å²) in [6.07, 6.45) is 0.189. The molecule has 0 unspecified atom stereocenters. The highest BCUT2D eigenvalue weighted by Crippen LogP contribution is 2.26. The van der Waals surface area contributed by atoms with Crippen LogP contribution in [0.15, 0.2) is 40.4 Å². The Kier molecular flexibility index (Phi) is 4.36. The van der Waals surface area contributed by atoms with E-state index in [1.54, 1.807) is 22.7 Å². The predicted molar refractivity (Wildman–Crippen MR) is 90.7 cm³/mol. The molecular formula is C17H15NO2S2. The minimum Gasteiger partial charge on any atom is -0.426 e. The van der Waals surface area contributed by atoms with E-state index in [-0.39, 0.29) is 12.4 Å². The van der Waals surface area contributed by atoms with Crippen molar-refractivity contribution in [2.75, 3.05) is 0 Å². The van der Waals surface area contributed by atoms with E-state index in [9.17, 15) is 4.79 Å². The van der Waals surface area contributed by atoms with E-state index >= 15 is 0 Å².